The van der Waals surface area contributed by atoms with Gasteiger partial charge in [-0.25, -0.2) is 4.79 Å². The molecule has 0 unspecified atom stereocenters. The standard InChI is InChI=1S/C19H20N2O3/c1-13-10-16(8-9-18(13)15-6-4-3-5-7-15)21-12-17(24-19(21)23)11-20-14(2)22/h3-10,17H,11-12H2,1-2H3,(H,20,22)/t17-/m0/s1/i2T3. The average Bonchev–Trinajstić information content (AvgIpc) is 3.00. The van der Waals surface area contributed by atoms with Gasteiger partial charge in [-0.05, 0) is 35.7 Å². The number of cyclic esters (lactones) is 1. The second-order valence-corrected chi connectivity index (χ2v) is 5.69. The molecule has 1 fully saturated rings. The normalized spacial score (nSPS) is 19.2. The summed E-state index contributed by atoms with van der Waals surface area (Å²) in [5.41, 5.74) is 3.89. The van der Waals surface area contributed by atoms with Crippen LogP contribution in [0.25, 0.3) is 11.1 Å². The zero-order valence-electron chi connectivity index (χ0n) is 16.3. The number of ether oxygens (including phenoxy) is 1. The summed E-state index contributed by atoms with van der Waals surface area (Å²) in [6.45, 7) is -0.543. The topological polar surface area (TPSA) is 58.6 Å². The van der Waals surface area contributed by atoms with Crippen LogP contribution in [0, 0.1) is 6.92 Å². The third-order valence-electron chi connectivity index (χ3n) is 3.97. The third-order valence-corrected chi connectivity index (χ3v) is 3.97. The van der Waals surface area contributed by atoms with Crippen molar-refractivity contribution in [2.75, 3.05) is 18.0 Å². The first-order valence-corrected chi connectivity index (χ1v) is 7.68. The molecule has 1 aliphatic rings. The molecule has 5 nitrogen and oxygen atoms in total. The van der Waals surface area contributed by atoms with E-state index in [0.717, 1.165) is 16.7 Å². The Kier molecular flexibility index (Phi) is 3.54. The van der Waals surface area contributed by atoms with Crippen molar-refractivity contribution in [3.05, 3.63) is 54.1 Å². The van der Waals surface area contributed by atoms with Crippen LogP contribution in [0.15, 0.2) is 48.5 Å². The maximum atomic E-state index is 12.2. The van der Waals surface area contributed by atoms with Crippen molar-refractivity contribution in [3.63, 3.8) is 0 Å². The van der Waals surface area contributed by atoms with Crippen molar-refractivity contribution in [1.82, 2.24) is 5.32 Å². The Bertz CT molecular complexity index is 853. The van der Waals surface area contributed by atoms with Crippen LogP contribution in [-0.4, -0.2) is 31.2 Å². The first-order chi connectivity index (χ1) is 12.8. The Balaban J connectivity index is 1.69. The smallest absolute Gasteiger partial charge is 0.414 e. The lowest BCUT2D eigenvalue weighted by atomic mass is 10.00. The molecule has 2 amide bonds. The van der Waals surface area contributed by atoms with Crippen LogP contribution in [0.2, 0.25) is 0 Å². The van der Waals surface area contributed by atoms with Crippen molar-refractivity contribution >= 4 is 17.7 Å². The van der Waals surface area contributed by atoms with Crippen LogP contribution in [0.5, 0.6) is 0 Å². The highest BCUT2D eigenvalue weighted by Gasteiger charge is 2.32. The summed E-state index contributed by atoms with van der Waals surface area (Å²) in [6, 6.07) is 15.7. The average molecular weight is 330 g/mol. The van der Waals surface area contributed by atoms with E-state index < -0.39 is 25.0 Å². The summed E-state index contributed by atoms with van der Waals surface area (Å²) in [4.78, 5) is 25.1. The predicted molar refractivity (Wildman–Crippen MR) is 92.9 cm³/mol. The van der Waals surface area contributed by atoms with Gasteiger partial charge in [-0.2, -0.15) is 0 Å². The van der Waals surface area contributed by atoms with Gasteiger partial charge >= 0.3 is 6.09 Å². The SMILES string of the molecule is [3H]C([3H])([3H])C(=O)NC[C@H]1CN(c2ccc(-c3ccccc3)c(C)c2)C(=O)O1. The van der Waals surface area contributed by atoms with Crippen molar-refractivity contribution in [2.24, 2.45) is 0 Å². The van der Waals surface area contributed by atoms with E-state index in [2.05, 4.69) is 5.32 Å². The van der Waals surface area contributed by atoms with Crippen LogP contribution >= 0.6 is 0 Å². The molecule has 1 saturated heterocycles. The molecule has 0 saturated carbocycles. The fraction of sp³-hybridized carbons (Fsp3) is 0.263. The Hall–Kier alpha value is -2.82. The van der Waals surface area contributed by atoms with E-state index in [1.165, 1.54) is 4.90 Å². The maximum Gasteiger partial charge on any atom is 0.414 e. The molecule has 1 aliphatic heterocycles. The quantitative estimate of drug-likeness (QED) is 0.937. The van der Waals surface area contributed by atoms with E-state index in [1.54, 1.807) is 0 Å². The Morgan fingerprint density at radius 1 is 1.33 bits per heavy atom. The molecule has 0 bridgehead atoms. The molecular weight excluding hydrogens is 304 g/mol. The molecule has 0 aliphatic carbocycles. The van der Waals surface area contributed by atoms with E-state index >= 15 is 0 Å². The van der Waals surface area contributed by atoms with Gasteiger partial charge in [0.05, 0.1) is 13.1 Å². The summed E-state index contributed by atoms with van der Waals surface area (Å²) in [5, 5.41) is 2.29. The molecule has 3 rings (SSSR count). The van der Waals surface area contributed by atoms with Gasteiger partial charge in [-0.1, -0.05) is 36.4 Å². The molecule has 2 aromatic rings. The Morgan fingerprint density at radius 2 is 2.12 bits per heavy atom. The number of benzene rings is 2. The lowest BCUT2D eigenvalue weighted by Crippen LogP contribution is -2.33. The molecule has 2 aromatic carbocycles. The van der Waals surface area contributed by atoms with E-state index in [9.17, 15) is 9.59 Å². The molecule has 1 atom stereocenters. The van der Waals surface area contributed by atoms with Crippen LogP contribution in [0.3, 0.4) is 0 Å². The van der Waals surface area contributed by atoms with Gasteiger partial charge in [-0.3, -0.25) is 9.69 Å². The molecule has 0 aromatic heterocycles. The largest absolute Gasteiger partial charge is 0.442 e. The number of aryl methyl sites for hydroxylation is 1. The van der Waals surface area contributed by atoms with Gasteiger partial charge in [0.25, 0.3) is 0 Å². The molecule has 0 spiro atoms. The number of carbonyl (C=O) groups is 2. The monoisotopic (exact) mass is 330 g/mol. The number of nitrogens with zero attached hydrogens (tertiary/aromatic N) is 1. The lowest BCUT2D eigenvalue weighted by Gasteiger charge is -2.15. The molecule has 1 heterocycles. The number of rotatable bonds is 4. The number of hydrogen-bond donors (Lipinski definition) is 1. The van der Waals surface area contributed by atoms with Crippen LogP contribution in [0.4, 0.5) is 10.5 Å². The fourth-order valence-electron chi connectivity index (χ4n) is 2.80. The van der Waals surface area contributed by atoms with Crippen LogP contribution in [0.1, 0.15) is 16.5 Å². The first kappa shape index (κ1) is 12.6. The van der Waals surface area contributed by atoms with Gasteiger partial charge < -0.3 is 10.1 Å². The van der Waals surface area contributed by atoms with Crippen LogP contribution in [-0.2, 0) is 9.53 Å². The number of nitrogens with one attached hydrogen (secondary N) is 1. The minimum absolute atomic E-state index is 0.0411. The number of hydrogen-bond acceptors (Lipinski definition) is 3. The van der Waals surface area contributed by atoms with E-state index in [4.69, 9.17) is 8.85 Å². The summed E-state index contributed by atoms with van der Waals surface area (Å²) < 4.78 is 26.4. The molecule has 5 heteroatoms. The van der Waals surface area contributed by atoms with Crippen molar-refractivity contribution in [3.8, 4) is 11.1 Å². The van der Waals surface area contributed by atoms with Crippen molar-refractivity contribution < 1.29 is 18.4 Å². The van der Waals surface area contributed by atoms with E-state index in [-0.39, 0.29) is 13.1 Å². The minimum atomic E-state index is -2.72. The van der Waals surface area contributed by atoms with Gasteiger partial charge in [0.15, 0.2) is 0 Å². The van der Waals surface area contributed by atoms with Gasteiger partial charge in [-0.15, -0.1) is 0 Å². The van der Waals surface area contributed by atoms with Gasteiger partial charge in [0, 0.05) is 16.7 Å². The zero-order valence-corrected chi connectivity index (χ0v) is 13.3. The van der Waals surface area contributed by atoms with Crippen LogP contribution < -0.4 is 10.2 Å². The summed E-state index contributed by atoms with van der Waals surface area (Å²) in [5.74, 6) is -1.06. The van der Waals surface area contributed by atoms with Gasteiger partial charge in [0.2, 0.25) is 5.91 Å². The Morgan fingerprint density at radius 3 is 2.83 bits per heavy atom. The predicted octanol–water partition coefficient (Wildman–Crippen LogP) is 3.12. The number of anilines is 1. The highest BCUT2D eigenvalue weighted by molar-refractivity contribution is 5.90. The molecule has 1 N–H and O–H groups in total. The van der Waals surface area contributed by atoms with Crippen molar-refractivity contribution in [1.29, 1.82) is 0 Å². The summed E-state index contributed by atoms with van der Waals surface area (Å²) >= 11 is 0. The van der Waals surface area contributed by atoms with Crippen molar-refractivity contribution in [2.45, 2.75) is 19.9 Å². The highest BCUT2D eigenvalue weighted by atomic mass is 16.6. The summed E-state index contributed by atoms with van der Waals surface area (Å²) in [7, 11) is 0. The maximum absolute atomic E-state index is 12.2. The lowest BCUT2D eigenvalue weighted by molar-refractivity contribution is -0.119. The second kappa shape index (κ2) is 6.74. The Labute approximate surface area is 145 Å². The third kappa shape index (κ3) is 3.40. The fourth-order valence-corrected chi connectivity index (χ4v) is 2.80. The summed E-state index contributed by atoms with van der Waals surface area (Å²) in [6.07, 6.45) is -1.12. The first-order valence-electron chi connectivity index (χ1n) is 9.18. The second-order valence-electron chi connectivity index (χ2n) is 5.69. The molecule has 24 heavy (non-hydrogen) atoms. The van der Waals surface area contributed by atoms with Gasteiger partial charge in [0.1, 0.15) is 6.10 Å². The highest BCUT2D eigenvalue weighted by Crippen LogP contribution is 2.29. The number of carbonyl (C=O) groups excluding carboxylic acids is 2. The van der Waals surface area contributed by atoms with E-state index in [0.29, 0.717) is 5.69 Å². The number of amides is 2. The molecular formula is C19H20N2O3. The van der Waals surface area contributed by atoms with E-state index in [1.807, 2.05) is 55.5 Å². The minimum Gasteiger partial charge on any atom is -0.442 e. The molecule has 0 radical (unpaired) electrons. The molecule has 124 valence electrons. The zero-order chi connectivity index (χ0) is 19.6.